The molecule has 0 unspecified atom stereocenters. The zero-order valence-electron chi connectivity index (χ0n) is 8.46. The summed E-state index contributed by atoms with van der Waals surface area (Å²) in [5, 5.41) is 0. The first kappa shape index (κ1) is 12.6. The van der Waals surface area contributed by atoms with Crippen molar-refractivity contribution in [1.82, 2.24) is 0 Å². The van der Waals surface area contributed by atoms with Gasteiger partial charge in [-0.05, 0) is 46.1 Å². The zero-order chi connectivity index (χ0) is 9.95. The molecule has 1 aliphatic rings. The Bertz CT molecular complexity index is 170. The van der Waals surface area contributed by atoms with Crippen LogP contribution in [0, 0.1) is 0 Å². The van der Waals surface area contributed by atoms with Crippen LogP contribution in [-0.4, -0.2) is 18.6 Å². The fourth-order valence-electron chi connectivity index (χ4n) is 1.37. The molecule has 13 heavy (non-hydrogen) atoms. The molecule has 0 N–H and O–H groups in total. The maximum Gasteiger partial charge on any atom is 0.214 e. The van der Waals surface area contributed by atoms with Gasteiger partial charge in [-0.2, -0.15) is 0 Å². The van der Waals surface area contributed by atoms with Crippen molar-refractivity contribution in [2.45, 2.75) is 37.1 Å². The summed E-state index contributed by atoms with van der Waals surface area (Å²) in [5.74, 6) is 0. The first-order valence-corrected chi connectivity index (χ1v) is 12.1. The summed E-state index contributed by atoms with van der Waals surface area (Å²) in [7, 11) is 6.31. The van der Waals surface area contributed by atoms with Crippen LogP contribution in [0.2, 0.25) is 13.1 Å². The topological polar surface area (TPSA) is 9.23 Å². The van der Waals surface area contributed by atoms with Crippen LogP contribution in [0.3, 0.4) is 0 Å². The molecule has 78 valence electrons. The molecule has 1 rings (SSSR count). The van der Waals surface area contributed by atoms with Crippen LogP contribution < -0.4 is 0 Å². The van der Waals surface area contributed by atoms with Crippen molar-refractivity contribution >= 4 is 49.6 Å². The van der Waals surface area contributed by atoms with Crippen molar-refractivity contribution in [1.29, 1.82) is 0 Å². The molecule has 1 aliphatic heterocycles. The molecule has 0 atom stereocenters. The molecule has 0 saturated carbocycles. The SMILES string of the molecule is CCO[Si](C)(C)C1(CC)SSSS1. The van der Waals surface area contributed by atoms with Gasteiger partial charge < -0.3 is 4.43 Å². The van der Waals surface area contributed by atoms with Gasteiger partial charge >= 0.3 is 0 Å². The van der Waals surface area contributed by atoms with Crippen LogP contribution in [0.15, 0.2) is 0 Å². The molecule has 0 bridgehead atoms. The van der Waals surface area contributed by atoms with Gasteiger partial charge in [0.15, 0.2) is 0 Å². The van der Waals surface area contributed by atoms with E-state index in [4.69, 9.17) is 4.43 Å². The molecular weight excluding hydrogens is 256 g/mol. The Kier molecular flexibility index (Phi) is 4.93. The highest BCUT2D eigenvalue weighted by Gasteiger charge is 2.52. The Morgan fingerprint density at radius 3 is 2.08 bits per heavy atom. The van der Waals surface area contributed by atoms with E-state index in [1.54, 1.807) is 0 Å². The van der Waals surface area contributed by atoms with E-state index in [-0.39, 0.29) is 0 Å². The molecule has 1 saturated heterocycles. The fraction of sp³-hybridized carbons (Fsp3) is 1.00. The van der Waals surface area contributed by atoms with E-state index >= 15 is 0 Å². The van der Waals surface area contributed by atoms with Crippen molar-refractivity contribution in [3.8, 4) is 0 Å². The van der Waals surface area contributed by atoms with Crippen molar-refractivity contribution in [2.75, 3.05) is 6.61 Å². The van der Waals surface area contributed by atoms with Crippen LogP contribution in [0.5, 0.6) is 0 Å². The minimum atomic E-state index is -1.54. The van der Waals surface area contributed by atoms with Crippen LogP contribution in [0.4, 0.5) is 0 Å². The molecule has 1 fully saturated rings. The lowest BCUT2D eigenvalue weighted by atomic mass is 10.6. The normalized spacial score (nSPS) is 22.2. The number of hydrogen-bond acceptors (Lipinski definition) is 5. The average molecular weight is 273 g/mol. The highest BCUT2D eigenvalue weighted by molar-refractivity contribution is 9.31. The van der Waals surface area contributed by atoms with Gasteiger partial charge in [0.05, 0.1) is 0 Å². The summed E-state index contributed by atoms with van der Waals surface area (Å²) in [6.07, 6.45) is 1.21. The van der Waals surface area contributed by atoms with E-state index in [1.165, 1.54) is 6.42 Å². The molecule has 0 aromatic carbocycles. The Morgan fingerprint density at radius 1 is 1.15 bits per heavy atom. The zero-order valence-corrected chi connectivity index (χ0v) is 12.7. The summed E-state index contributed by atoms with van der Waals surface area (Å²) in [6.45, 7) is 9.92. The summed E-state index contributed by atoms with van der Waals surface area (Å²) < 4.78 is 6.34. The highest BCUT2D eigenvalue weighted by atomic mass is 33.7. The lowest BCUT2D eigenvalue weighted by molar-refractivity contribution is 0.324. The van der Waals surface area contributed by atoms with Gasteiger partial charge in [-0.3, -0.25) is 0 Å². The molecular formula is C7H16OS4Si. The monoisotopic (exact) mass is 272 g/mol. The predicted molar refractivity (Wildman–Crippen MR) is 72.5 cm³/mol. The summed E-state index contributed by atoms with van der Waals surface area (Å²) in [6, 6.07) is 0. The Morgan fingerprint density at radius 2 is 1.69 bits per heavy atom. The maximum absolute atomic E-state index is 5.98. The van der Waals surface area contributed by atoms with Crippen molar-refractivity contribution < 1.29 is 4.43 Å². The second-order valence-electron chi connectivity index (χ2n) is 3.35. The lowest BCUT2D eigenvalue weighted by Gasteiger charge is -2.37. The molecule has 1 heterocycles. The molecule has 0 amide bonds. The first-order valence-electron chi connectivity index (χ1n) is 4.42. The van der Waals surface area contributed by atoms with Gasteiger partial charge in [-0.25, -0.2) is 0 Å². The van der Waals surface area contributed by atoms with E-state index in [0.717, 1.165) is 6.61 Å². The molecule has 0 radical (unpaired) electrons. The molecule has 1 nitrogen and oxygen atoms in total. The minimum Gasteiger partial charge on any atom is -0.415 e. The fourth-order valence-corrected chi connectivity index (χ4v) is 19.2. The smallest absolute Gasteiger partial charge is 0.214 e. The third-order valence-corrected chi connectivity index (χ3v) is 17.8. The van der Waals surface area contributed by atoms with Crippen LogP contribution in [0.1, 0.15) is 20.3 Å². The second-order valence-corrected chi connectivity index (χ2v) is 14.8. The van der Waals surface area contributed by atoms with E-state index < -0.39 is 8.32 Å². The van der Waals surface area contributed by atoms with Crippen LogP contribution in [-0.2, 0) is 4.43 Å². The van der Waals surface area contributed by atoms with Gasteiger partial charge in [0.1, 0.15) is 3.70 Å². The van der Waals surface area contributed by atoms with E-state index in [2.05, 4.69) is 26.9 Å². The Labute approximate surface area is 97.2 Å². The number of rotatable bonds is 4. The molecule has 0 aliphatic carbocycles. The minimum absolute atomic E-state index is 0.359. The Hall–Kier alpha value is 1.58. The molecule has 0 spiro atoms. The van der Waals surface area contributed by atoms with Gasteiger partial charge in [0.2, 0.25) is 8.32 Å². The summed E-state index contributed by atoms with van der Waals surface area (Å²) >= 11 is 0. The van der Waals surface area contributed by atoms with Gasteiger partial charge in [0.25, 0.3) is 0 Å². The van der Waals surface area contributed by atoms with Crippen molar-refractivity contribution in [2.24, 2.45) is 0 Å². The third-order valence-electron chi connectivity index (χ3n) is 2.25. The first-order chi connectivity index (χ1) is 6.08. The van der Waals surface area contributed by atoms with Gasteiger partial charge in [-0.15, -0.1) is 0 Å². The largest absolute Gasteiger partial charge is 0.415 e. The van der Waals surface area contributed by atoms with Crippen molar-refractivity contribution in [3.63, 3.8) is 0 Å². The molecule has 6 heteroatoms. The van der Waals surface area contributed by atoms with E-state index in [9.17, 15) is 0 Å². The van der Waals surface area contributed by atoms with E-state index in [0.29, 0.717) is 3.70 Å². The third kappa shape index (κ3) is 2.58. The quantitative estimate of drug-likeness (QED) is 0.546. The molecule has 0 aromatic heterocycles. The molecule has 0 aromatic rings. The number of hydrogen-bond donors (Lipinski definition) is 0. The maximum atomic E-state index is 5.98. The Balaban J connectivity index is 2.73. The lowest BCUT2D eigenvalue weighted by Crippen LogP contribution is -2.50. The van der Waals surface area contributed by atoms with Gasteiger partial charge in [0, 0.05) is 6.61 Å². The van der Waals surface area contributed by atoms with E-state index in [1.807, 2.05) is 41.2 Å². The average Bonchev–Trinajstić information content (AvgIpc) is 2.53. The van der Waals surface area contributed by atoms with Gasteiger partial charge in [-0.1, -0.05) is 28.5 Å². The van der Waals surface area contributed by atoms with Crippen molar-refractivity contribution in [3.05, 3.63) is 0 Å². The van der Waals surface area contributed by atoms with Crippen LogP contribution in [0.25, 0.3) is 0 Å². The highest BCUT2D eigenvalue weighted by Crippen LogP contribution is 2.69. The summed E-state index contributed by atoms with van der Waals surface area (Å²) in [5.41, 5.74) is 0. The summed E-state index contributed by atoms with van der Waals surface area (Å²) in [4.78, 5) is 0. The second kappa shape index (κ2) is 5.07. The predicted octanol–water partition coefficient (Wildman–Crippen LogP) is 4.56. The van der Waals surface area contributed by atoms with Crippen LogP contribution >= 0.6 is 41.2 Å². The standard InChI is InChI=1S/C7H16OS4Si/c1-5-7(9-11-12-10-7)13(3,4)8-6-2/h5-6H2,1-4H3.